The van der Waals surface area contributed by atoms with Gasteiger partial charge in [-0.05, 0) is 98.0 Å². The number of Topliss-reactive ketones (excluding diaryl/α,β-unsaturated/α-hetero) is 1. The molecule has 0 saturated carbocycles. The third-order valence-corrected chi connectivity index (χ3v) is 26.0. The second kappa shape index (κ2) is 21.9. The van der Waals surface area contributed by atoms with Crippen molar-refractivity contribution < 1.29 is 22.8 Å². The molecule has 0 N–H and O–H groups in total. The Balaban J connectivity index is 3.15. The smallest absolute Gasteiger partial charge is 0.192 e. The van der Waals surface area contributed by atoms with Crippen molar-refractivity contribution in [2.45, 2.75) is 213 Å². The average Bonchev–Trinajstić information content (AvgIpc) is 3.03. The Morgan fingerprint density at radius 1 is 0.740 bits per heavy atom. The van der Waals surface area contributed by atoms with Crippen molar-refractivity contribution in [3.63, 3.8) is 0 Å². The molecule has 0 heterocycles. The third-order valence-electron chi connectivity index (χ3n) is 12.2. The molecule has 0 amide bonds. The molecule has 0 saturated heterocycles. The molecule has 0 aromatic heterocycles. The molecule has 1 aromatic rings. The van der Waals surface area contributed by atoms with Gasteiger partial charge >= 0.3 is 0 Å². The standard InChI is InChI=1S/C42H82O5Si3/c1-16-20-25-35(5)40(47-50(17-2,18-3)19-4)32-37(43)28-24-29-39(46-49(14,15)42(9,10)11)33-38(44-34-36-26-22-21-23-27-36)30-31-45-48(12,13)41(6,7)8/h21-23,26-27,35,38-40H,16-20,24-25,28-34H2,1-15H3/t35-,38-,39-,40+/m0/s1. The van der Waals surface area contributed by atoms with Crippen LogP contribution in [-0.2, 0) is 29.4 Å². The zero-order valence-electron chi connectivity index (χ0n) is 35.6. The third kappa shape index (κ3) is 16.6. The first-order valence-electron chi connectivity index (χ1n) is 20.3. The summed E-state index contributed by atoms with van der Waals surface area (Å²) in [4.78, 5) is 13.7. The van der Waals surface area contributed by atoms with E-state index in [0.717, 1.165) is 50.2 Å². The van der Waals surface area contributed by atoms with Crippen LogP contribution in [-0.4, -0.2) is 55.7 Å². The first-order chi connectivity index (χ1) is 23.2. The van der Waals surface area contributed by atoms with Crippen molar-refractivity contribution >= 4 is 30.7 Å². The van der Waals surface area contributed by atoms with E-state index in [1.165, 1.54) is 18.4 Å². The van der Waals surface area contributed by atoms with Crippen molar-refractivity contribution in [1.29, 1.82) is 0 Å². The van der Waals surface area contributed by atoms with E-state index in [4.69, 9.17) is 18.0 Å². The lowest BCUT2D eigenvalue weighted by Crippen LogP contribution is -2.45. The Kier molecular flexibility index (Phi) is 20.8. The van der Waals surface area contributed by atoms with Crippen LogP contribution in [0.1, 0.15) is 140 Å². The summed E-state index contributed by atoms with van der Waals surface area (Å²) in [5.41, 5.74) is 1.18. The van der Waals surface area contributed by atoms with Crippen molar-refractivity contribution in [2.24, 2.45) is 5.92 Å². The highest BCUT2D eigenvalue weighted by Crippen LogP contribution is 2.39. The van der Waals surface area contributed by atoms with Gasteiger partial charge in [-0.15, -0.1) is 0 Å². The van der Waals surface area contributed by atoms with E-state index < -0.39 is 25.0 Å². The van der Waals surface area contributed by atoms with Crippen molar-refractivity contribution in [3.05, 3.63) is 35.9 Å². The normalized spacial score (nSPS) is 15.9. The Hall–Kier alpha value is -0.619. The van der Waals surface area contributed by atoms with Gasteiger partial charge in [-0.3, -0.25) is 4.79 Å². The maximum absolute atomic E-state index is 13.7. The fourth-order valence-electron chi connectivity index (χ4n) is 6.08. The fourth-order valence-corrected chi connectivity index (χ4v) is 11.5. The molecule has 0 spiro atoms. The number of hydrogen-bond acceptors (Lipinski definition) is 5. The predicted octanol–water partition coefficient (Wildman–Crippen LogP) is 13.1. The fraction of sp³-hybridized carbons (Fsp3) is 0.833. The molecule has 1 rings (SSSR count). The largest absolute Gasteiger partial charge is 0.417 e. The molecule has 0 radical (unpaired) electrons. The first-order valence-corrected chi connectivity index (χ1v) is 28.7. The van der Waals surface area contributed by atoms with E-state index in [0.29, 0.717) is 37.8 Å². The number of carbonyl (C=O) groups is 1. The van der Waals surface area contributed by atoms with Crippen molar-refractivity contribution in [2.75, 3.05) is 6.61 Å². The van der Waals surface area contributed by atoms with E-state index in [1.807, 2.05) is 6.07 Å². The molecule has 0 unspecified atom stereocenters. The number of benzene rings is 1. The summed E-state index contributed by atoms with van der Waals surface area (Å²) in [6, 6.07) is 13.8. The van der Waals surface area contributed by atoms with Gasteiger partial charge in [0.15, 0.2) is 25.0 Å². The zero-order valence-corrected chi connectivity index (χ0v) is 38.6. The van der Waals surface area contributed by atoms with Crippen LogP contribution in [0.25, 0.3) is 0 Å². The first kappa shape index (κ1) is 47.4. The second-order valence-corrected chi connectivity index (χ2v) is 32.5. The molecule has 5 nitrogen and oxygen atoms in total. The quantitative estimate of drug-likeness (QED) is 0.0883. The molecule has 4 atom stereocenters. The average molecular weight is 751 g/mol. The Labute approximate surface area is 314 Å². The molecule has 0 fully saturated rings. The topological polar surface area (TPSA) is 54.0 Å². The lowest BCUT2D eigenvalue weighted by atomic mass is 9.93. The molecular formula is C42H82O5Si3. The molecule has 292 valence electrons. The molecule has 1 aromatic carbocycles. The van der Waals surface area contributed by atoms with Crippen molar-refractivity contribution in [3.8, 4) is 0 Å². The van der Waals surface area contributed by atoms with Crippen LogP contribution < -0.4 is 0 Å². The Bertz CT molecular complexity index is 1050. The number of ketones is 1. The highest BCUT2D eigenvalue weighted by atomic mass is 28.4. The van der Waals surface area contributed by atoms with Crippen LogP contribution in [0.4, 0.5) is 0 Å². The van der Waals surface area contributed by atoms with Gasteiger partial charge in [0, 0.05) is 25.6 Å². The maximum Gasteiger partial charge on any atom is 0.192 e. The van der Waals surface area contributed by atoms with Crippen LogP contribution in [0.15, 0.2) is 30.3 Å². The SMILES string of the molecule is CCCC[C@H](C)[C@@H](CC(=O)CCC[C@@H](C[C@H](CCO[Si](C)(C)C(C)(C)C)OCc1ccccc1)O[Si](C)(C)C(C)(C)C)O[Si](CC)(CC)CC. The van der Waals surface area contributed by atoms with E-state index in [9.17, 15) is 4.79 Å². The van der Waals surface area contributed by atoms with Crippen molar-refractivity contribution in [1.82, 2.24) is 0 Å². The number of ether oxygens (including phenoxy) is 1. The summed E-state index contributed by atoms with van der Waals surface area (Å²) < 4.78 is 27.5. The molecule has 0 bridgehead atoms. The van der Waals surface area contributed by atoms with Crippen LogP contribution in [0.3, 0.4) is 0 Å². The summed E-state index contributed by atoms with van der Waals surface area (Å²) in [7, 11) is -5.75. The van der Waals surface area contributed by atoms with Crippen LogP contribution >= 0.6 is 0 Å². The molecule has 0 aliphatic carbocycles. The van der Waals surface area contributed by atoms with Gasteiger partial charge in [0.1, 0.15) is 5.78 Å². The number of hydrogen-bond donors (Lipinski definition) is 0. The highest BCUT2D eigenvalue weighted by Gasteiger charge is 2.40. The second-order valence-electron chi connectivity index (χ2n) is 18.2. The number of carbonyl (C=O) groups excluding carboxylic acids is 1. The van der Waals surface area contributed by atoms with E-state index in [-0.39, 0.29) is 28.4 Å². The van der Waals surface area contributed by atoms with E-state index >= 15 is 0 Å². The summed E-state index contributed by atoms with van der Waals surface area (Å²) in [5.74, 6) is 0.747. The predicted molar refractivity (Wildman–Crippen MR) is 224 cm³/mol. The van der Waals surface area contributed by atoms with Crippen LogP contribution in [0.2, 0.25) is 54.4 Å². The molecule has 0 aliphatic rings. The van der Waals surface area contributed by atoms with E-state index in [2.05, 4.69) is 127 Å². The minimum absolute atomic E-state index is 0.0119. The van der Waals surface area contributed by atoms with Crippen LogP contribution in [0, 0.1) is 5.92 Å². The number of rotatable bonds is 26. The van der Waals surface area contributed by atoms with Gasteiger partial charge in [-0.2, -0.15) is 0 Å². The lowest BCUT2D eigenvalue weighted by molar-refractivity contribution is -0.121. The van der Waals surface area contributed by atoms with Gasteiger partial charge in [0.25, 0.3) is 0 Å². The van der Waals surface area contributed by atoms with Gasteiger partial charge in [0.2, 0.25) is 0 Å². The maximum atomic E-state index is 13.7. The molecule has 0 aliphatic heterocycles. The monoisotopic (exact) mass is 751 g/mol. The summed E-state index contributed by atoms with van der Waals surface area (Å²) in [6.45, 7) is 35.8. The molecular weight excluding hydrogens is 669 g/mol. The van der Waals surface area contributed by atoms with Gasteiger partial charge in [-0.1, -0.05) is 119 Å². The van der Waals surface area contributed by atoms with Gasteiger partial charge < -0.3 is 18.0 Å². The summed E-state index contributed by atoms with van der Waals surface area (Å²) in [5, 5.41) is 0.263. The minimum atomic E-state index is -2.06. The highest BCUT2D eigenvalue weighted by molar-refractivity contribution is 6.74. The van der Waals surface area contributed by atoms with Gasteiger partial charge in [0.05, 0.1) is 18.8 Å². The number of unbranched alkanes of at least 4 members (excludes halogenated alkanes) is 1. The summed E-state index contributed by atoms with van der Waals surface area (Å²) >= 11 is 0. The Morgan fingerprint density at radius 3 is 1.84 bits per heavy atom. The lowest BCUT2D eigenvalue weighted by Gasteiger charge is -2.40. The van der Waals surface area contributed by atoms with Crippen LogP contribution in [0.5, 0.6) is 0 Å². The summed E-state index contributed by atoms with van der Waals surface area (Å²) in [6.07, 6.45) is 8.05. The van der Waals surface area contributed by atoms with E-state index in [1.54, 1.807) is 0 Å². The minimum Gasteiger partial charge on any atom is -0.417 e. The Morgan fingerprint density at radius 2 is 1.32 bits per heavy atom. The molecule has 8 heteroatoms. The zero-order chi connectivity index (χ0) is 38.2. The molecule has 50 heavy (non-hydrogen) atoms. The van der Waals surface area contributed by atoms with Gasteiger partial charge in [-0.25, -0.2) is 0 Å².